The topological polar surface area (TPSA) is 55.6 Å². The van der Waals surface area contributed by atoms with E-state index in [2.05, 4.69) is 38.6 Å². The van der Waals surface area contributed by atoms with Crippen LogP contribution in [0.1, 0.15) is 12.8 Å². The molecule has 1 N–H and O–H groups in total. The number of thiazole rings is 1. The Morgan fingerprint density at radius 1 is 1.22 bits per heavy atom. The third-order valence-electron chi connectivity index (χ3n) is 3.53. The molecule has 0 amide bonds. The molecular weight excluding hydrogens is 306 g/mol. The molecular formula is C17H15N5S. The third-order valence-corrected chi connectivity index (χ3v) is 4.28. The monoisotopic (exact) mass is 321 g/mol. The van der Waals surface area contributed by atoms with Crippen LogP contribution in [0.2, 0.25) is 0 Å². The van der Waals surface area contributed by atoms with Gasteiger partial charge in [0.25, 0.3) is 0 Å². The maximum absolute atomic E-state index is 4.59. The van der Waals surface area contributed by atoms with E-state index < -0.39 is 0 Å². The lowest BCUT2D eigenvalue weighted by Gasteiger charge is -2.06. The molecule has 0 unspecified atom stereocenters. The lowest BCUT2D eigenvalue weighted by atomic mass is 10.1. The van der Waals surface area contributed by atoms with E-state index in [0.29, 0.717) is 0 Å². The summed E-state index contributed by atoms with van der Waals surface area (Å²) in [5.74, 6) is 0.789. The summed E-state index contributed by atoms with van der Waals surface area (Å²) < 4.78 is 1.88. The van der Waals surface area contributed by atoms with Gasteiger partial charge in [-0.15, -0.1) is 11.3 Å². The molecule has 0 spiro atoms. The van der Waals surface area contributed by atoms with E-state index in [9.17, 15) is 0 Å². The van der Waals surface area contributed by atoms with Crippen molar-refractivity contribution < 1.29 is 0 Å². The molecule has 23 heavy (non-hydrogen) atoms. The largest absolute Gasteiger partial charge is 0.315 e. The molecule has 6 heteroatoms. The van der Waals surface area contributed by atoms with Crippen LogP contribution in [-0.2, 0) is 0 Å². The maximum Gasteiger partial charge on any atom is 0.188 e. The van der Waals surface area contributed by atoms with Crippen LogP contribution < -0.4 is 5.32 Å². The Hall–Kier alpha value is -2.73. The van der Waals surface area contributed by atoms with Crippen molar-refractivity contribution in [3.63, 3.8) is 0 Å². The summed E-state index contributed by atoms with van der Waals surface area (Å²) in [5, 5.41) is 10.6. The number of allylic oxidation sites excluding steroid dienone is 4. The summed E-state index contributed by atoms with van der Waals surface area (Å²) in [6, 6.07) is 5.87. The average Bonchev–Trinajstić information content (AvgIpc) is 3.27. The average molecular weight is 321 g/mol. The number of anilines is 2. The minimum absolute atomic E-state index is 0.789. The predicted molar refractivity (Wildman–Crippen MR) is 93.5 cm³/mol. The first-order valence-electron chi connectivity index (χ1n) is 7.44. The number of nitrogens with one attached hydrogen (secondary N) is 1. The summed E-state index contributed by atoms with van der Waals surface area (Å²) in [7, 11) is 0. The Kier molecular flexibility index (Phi) is 3.73. The van der Waals surface area contributed by atoms with Crippen molar-refractivity contribution in [3.8, 4) is 11.3 Å². The molecule has 5 nitrogen and oxygen atoms in total. The second kappa shape index (κ2) is 6.18. The first kappa shape index (κ1) is 13.9. The van der Waals surface area contributed by atoms with Crippen molar-refractivity contribution >= 4 is 28.0 Å². The Labute approximate surface area is 138 Å². The van der Waals surface area contributed by atoms with E-state index in [0.717, 1.165) is 40.7 Å². The highest BCUT2D eigenvalue weighted by molar-refractivity contribution is 7.14. The van der Waals surface area contributed by atoms with E-state index in [1.54, 1.807) is 17.5 Å². The Balaban J connectivity index is 1.51. The van der Waals surface area contributed by atoms with Crippen LogP contribution in [0.4, 0.5) is 10.9 Å². The standard InChI is InChI=1S/C17H15N5S/c1-2-6-14(7-3-1)22-10-8-16(21-22)20-17-19-15(12-23-17)13-5-4-9-18-11-13/h2,4-12H,1,3H2,(H,19,20,21). The Morgan fingerprint density at radius 2 is 2.22 bits per heavy atom. The van der Waals surface area contributed by atoms with Gasteiger partial charge in [0, 0.05) is 35.6 Å². The Morgan fingerprint density at radius 3 is 3.04 bits per heavy atom. The molecule has 0 atom stereocenters. The zero-order chi connectivity index (χ0) is 15.5. The number of rotatable bonds is 4. The van der Waals surface area contributed by atoms with E-state index in [-0.39, 0.29) is 0 Å². The van der Waals surface area contributed by atoms with Gasteiger partial charge in [0.15, 0.2) is 10.9 Å². The highest BCUT2D eigenvalue weighted by Gasteiger charge is 2.07. The van der Waals surface area contributed by atoms with Crippen LogP contribution >= 0.6 is 11.3 Å². The van der Waals surface area contributed by atoms with Gasteiger partial charge in [-0.05, 0) is 31.1 Å². The zero-order valence-corrected chi connectivity index (χ0v) is 13.2. The summed E-state index contributed by atoms with van der Waals surface area (Å²) in [5.41, 5.74) is 3.04. The van der Waals surface area contributed by atoms with Gasteiger partial charge in [-0.1, -0.05) is 12.2 Å². The van der Waals surface area contributed by atoms with Crippen molar-refractivity contribution in [2.45, 2.75) is 12.8 Å². The fraction of sp³-hybridized carbons (Fsp3) is 0.118. The molecule has 1 aliphatic rings. The molecule has 3 aromatic rings. The summed E-state index contributed by atoms with van der Waals surface area (Å²) in [6.45, 7) is 0. The van der Waals surface area contributed by atoms with Gasteiger partial charge in [0.1, 0.15) is 0 Å². The van der Waals surface area contributed by atoms with Gasteiger partial charge in [-0.3, -0.25) is 4.98 Å². The fourth-order valence-electron chi connectivity index (χ4n) is 2.39. The molecule has 0 radical (unpaired) electrons. The van der Waals surface area contributed by atoms with Gasteiger partial charge in [0.05, 0.1) is 11.4 Å². The molecule has 0 bridgehead atoms. The van der Waals surface area contributed by atoms with E-state index >= 15 is 0 Å². The normalized spacial score (nSPS) is 13.8. The maximum atomic E-state index is 4.59. The zero-order valence-electron chi connectivity index (χ0n) is 12.4. The fourth-order valence-corrected chi connectivity index (χ4v) is 3.12. The number of aromatic nitrogens is 4. The SMILES string of the molecule is C1=CC(n2ccc(Nc3nc(-c4cccnc4)cs3)n2)=CCC1. The highest BCUT2D eigenvalue weighted by atomic mass is 32.1. The van der Waals surface area contributed by atoms with Crippen molar-refractivity contribution in [3.05, 3.63) is 60.4 Å². The molecule has 114 valence electrons. The van der Waals surface area contributed by atoms with Gasteiger partial charge < -0.3 is 5.32 Å². The quantitative estimate of drug-likeness (QED) is 0.777. The van der Waals surface area contributed by atoms with E-state index in [1.807, 2.05) is 40.7 Å². The van der Waals surface area contributed by atoms with Crippen molar-refractivity contribution in [2.24, 2.45) is 0 Å². The third kappa shape index (κ3) is 3.07. The lowest BCUT2D eigenvalue weighted by molar-refractivity contribution is 0.892. The van der Waals surface area contributed by atoms with Crippen LogP contribution in [0.15, 0.2) is 60.4 Å². The number of hydrogen-bond donors (Lipinski definition) is 1. The number of nitrogens with zero attached hydrogens (tertiary/aromatic N) is 4. The number of hydrogen-bond acceptors (Lipinski definition) is 5. The molecule has 3 aromatic heterocycles. The van der Waals surface area contributed by atoms with Crippen LogP contribution in [-0.4, -0.2) is 19.7 Å². The minimum atomic E-state index is 0.789. The Bertz CT molecular complexity index is 860. The first-order chi connectivity index (χ1) is 11.4. The summed E-state index contributed by atoms with van der Waals surface area (Å²) >= 11 is 1.56. The van der Waals surface area contributed by atoms with Gasteiger partial charge in [0.2, 0.25) is 0 Å². The van der Waals surface area contributed by atoms with Crippen molar-refractivity contribution in [1.82, 2.24) is 19.7 Å². The van der Waals surface area contributed by atoms with E-state index in [4.69, 9.17) is 0 Å². The summed E-state index contributed by atoms with van der Waals surface area (Å²) in [6.07, 6.45) is 14.2. The van der Waals surface area contributed by atoms with Crippen LogP contribution in [0.3, 0.4) is 0 Å². The molecule has 1 aliphatic carbocycles. The smallest absolute Gasteiger partial charge is 0.188 e. The van der Waals surface area contributed by atoms with Crippen LogP contribution in [0.5, 0.6) is 0 Å². The second-order valence-electron chi connectivity index (χ2n) is 5.16. The molecule has 0 aliphatic heterocycles. The first-order valence-corrected chi connectivity index (χ1v) is 8.32. The van der Waals surface area contributed by atoms with Crippen LogP contribution in [0, 0.1) is 0 Å². The van der Waals surface area contributed by atoms with Crippen LogP contribution in [0.25, 0.3) is 17.0 Å². The second-order valence-corrected chi connectivity index (χ2v) is 6.02. The van der Waals surface area contributed by atoms with Gasteiger partial charge >= 0.3 is 0 Å². The molecule has 0 aromatic carbocycles. The predicted octanol–water partition coefficient (Wildman–Crippen LogP) is 4.34. The molecule has 0 fully saturated rings. The molecule has 0 saturated heterocycles. The van der Waals surface area contributed by atoms with Gasteiger partial charge in [-0.2, -0.15) is 5.10 Å². The van der Waals surface area contributed by atoms with Gasteiger partial charge in [-0.25, -0.2) is 9.67 Å². The minimum Gasteiger partial charge on any atom is -0.315 e. The summed E-state index contributed by atoms with van der Waals surface area (Å²) in [4.78, 5) is 8.71. The highest BCUT2D eigenvalue weighted by Crippen LogP contribution is 2.26. The molecule has 0 saturated carbocycles. The van der Waals surface area contributed by atoms with Crippen molar-refractivity contribution in [1.29, 1.82) is 0 Å². The van der Waals surface area contributed by atoms with E-state index in [1.165, 1.54) is 0 Å². The molecule has 4 rings (SSSR count). The lowest BCUT2D eigenvalue weighted by Crippen LogP contribution is -1.99. The van der Waals surface area contributed by atoms with Crippen molar-refractivity contribution in [2.75, 3.05) is 5.32 Å². The number of pyridine rings is 1. The molecule has 3 heterocycles.